The number of nitrogens with two attached hydrogens (primary N) is 1. The van der Waals surface area contributed by atoms with Crippen LogP contribution in [0.2, 0.25) is 0 Å². The molecule has 0 fully saturated rings. The lowest BCUT2D eigenvalue weighted by Gasteiger charge is -2.12. The fourth-order valence-electron chi connectivity index (χ4n) is 2.14. The van der Waals surface area contributed by atoms with Crippen LogP contribution in [0.1, 0.15) is 44.4 Å². The molecule has 0 atom stereocenters. The van der Waals surface area contributed by atoms with Crippen molar-refractivity contribution in [1.82, 2.24) is 0 Å². The maximum atomic E-state index is 5.75. The van der Waals surface area contributed by atoms with Crippen molar-refractivity contribution in [2.75, 3.05) is 0 Å². The third-order valence-electron chi connectivity index (χ3n) is 2.64. The van der Waals surface area contributed by atoms with Crippen LogP contribution in [0.15, 0.2) is 18.2 Å². The monoisotopic (exact) mass is 219 g/mol. The summed E-state index contributed by atoms with van der Waals surface area (Å²) in [6.07, 6.45) is 2.30. The van der Waals surface area contributed by atoms with Gasteiger partial charge in [-0.15, -0.1) is 0 Å². The Hall–Kier alpha value is -0.820. The molecule has 1 rings (SSSR count). The maximum Gasteiger partial charge on any atom is 0.0178 e. The van der Waals surface area contributed by atoms with Crippen LogP contribution >= 0.6 is 0 Å². The molecule has 90 valence electrons. The molecular weight excluding hydrogens is 194 g/mol. The summed E-state index contributed by atoms with van der Waals surface area (Å²) in [5.41, 5.74) is 9.90. The van der Waals surface area contributed by atoms with Gasteiger partial charge in [0.1, 0.15) is 0 Å². The second kappa shape index (κ2) is 6.05. The van der Waals surface area contributed by atoms with Crippen LogP contribution in [0, 0.1) is 11.8 Å². The van der Waals surface area contributed by atoms with Crippen molar-refractivity contribution in [3.8, 4) is 0 Å². The standard InChI is InChI=1S/C15H25N/c1-11(2)5-13-7-14(6-12(3)4)9-15(8-13)10-16/h7-9,11-12H,5-6,10,16H2,1-4H3. The molecular formula is C15H25N. The van der Waals surface area contributed by atoms with Crippen LogP contribution in [-0.2, 0) is 19.4 Å². The lowest BCUT2D eigenvalue weighted by atomic mass is 9.94. The van der Waals surface area contributed by atoms with E-state index in [2.05, 4.69) is 45.9 Å². The Labute approximate surface area is 100 Å². The molecule has 0 unspecified atom stereocenters. The van der Waals surface area contributed by atoms with Gasteiger partial charge in [0.25, 0.3) is 0 Å². The minimum atomic E-state index is 0.650. The molecule has 0 aliphatic heterocycles. The summed E-state index contributed by atoms with van der Waals surface area (Å²) < 4.78 is 0. The molecule has 0 bridgehead atoms. The molecule has 1 aromatic carbocycles. The Morgan fingerprint density at radius 2 is 1.19 bits per heavy atom. The van der Waals surface area contributed by atoms with Gasteiger partial charge in [-0.1, -0.05) is 45.9 Å². The summed E-state index contributed by atoms with van der Waals surface area (Å²) in [5.74, 6) is 1.42. The quantitative estimate of drug-likeness (QED) is 0.805. The van der Waals surface area contributed by atoms with Crippen LogP contribution < -0.4 is 5.73 Å². The number of rotatable bonds is 5. The minimum Gasteiger partial charge on any atom is -0.326 e. The molecule has 16 heavy (non-hydrogen) atoms. The third-order valence-corrected chi connectivity index (χ3v) is 2.64. The fraction of sp³-hybridized carbons (Fsp3) is 0.600. The van der Waals surface area contributed by atoms with Crippen molar-refractivity contribution in [3.63, 3.8) is 0 Å². The zero-order valence-corrected chi connectivity index (χ0v) is 11.1. The van der Waals surface area contributed by atoms with Crippen LogP contribution in [0.25, 0.3) is 0 Å². The topological polar surface area (TPSA) is 26.0 Å². The van der Waals surface area contributed by atoms with E-state index in [9.17, 15) is 0 Å². The summed E-state index contributed by atoms with van der Waals surface area (Å²) in [7, 11) is 0. The largest absolute Gasteiger partial charge is 0.326 e. The van der Waals surface area contributed by atoms with Gasteiger partial charge in [-0.2, -0.15) is 0 Å². The van der Waals surface area contributed by atoms with Gasteiger partial charge in [0.2, 0.25) is 0 Å². The molecule has 0 saturated carbocycles. The van der Waals surface area contributed by atoms with E-state index in [-0.39, 0.29) is 0 Å². The lowest BCUT2D eigenvalue weighted by Crippen LogP contribution is -2.03. The van der Waals surface area contributed by atoms with E-state index in [1.165, 1.54) is 16.7 Å². The zero-order chi connectivity index (χ0) is 12.1. The molecule has 1 heteroatoms. The van der Waals surface area contributed by atoms with E-state index >= 15 is 0 Å². The van der Waals surface area contributed by atoms with Crippen LogP contribution in [0.4, 0.5) is 0 Å². The Morgan fingerprint density at radius 3 is 1.50 bits per heavy atom. The van der Waals surface area contributed by atoms with Gasteiger partial charge in [-0.25, -0.2) is 0 Å². The second-order valence-electron chi connectivity index (χ2n) is 5.56. The van der Waals surface area contributed by atoms with E-state index in [1.807, 2.05) is 0 Å². The predicted molar refractivity (Wildman–Crippen MR) is 71.4 cm³/mol. The molecule has 1 aromatic rings. The summed E-state index contributed by atoms with van der Waals surface area (Å²) in [4.78, 5) is 0. The number of benzene rings is 1. The van der Waals surface area contributed by atoms with Crippen molar-refractivity contribution in [1.29, 1.82) is 0 Å². The predicted octanol–water partition coefficient (Wildman–Crippen LogP) is 3.54. The van der Waals surface area contributed by atoms with Crippen LogP contribution in [0.5, 0.6) is 0 Å². The van der Waals surface area contributed by atoms with Gasteiger partial charge < -0.3 is 5.73 Å². The van der Waals surface area contributed by atoms with Crippen molar-refractivity contribution in [2.45, 2.75) is 47.1 Å². The summed E-state index contributed by atoms with van der Waals surface area (Å²) in [5, 5.41) is 0. The Kier molecular flexibility index (Phi) is 5.01. The Bertz CT molecular complexity index is 298. The first-order valence-corrected chi connectivity index (χ1v) is 6.33. The molecule has 0 aliphatic rings. The van der Waals surface area contributed by atoms with Crippen molar-refractivity contribution < 1.29 is 0 Å². The van der Waals surface area contributed by atoms with Gasteiger partial charge in [-0.05, 0) is 41.4 Å². The second-order valence-corrected chi connectivity index (χ2v) is 5.56. The van der Waals surface area contributed by atoms with E-state index in [4.69, 9.17) is 5.73 Å². The SMILES string of the molecule is CC(C)Cc1cc(CN)cc(CC(C)C)c1. The average molecular weight is 219 g/mol. The van der Waals surface area contributed by atoms with Gasteiger partial charge >= 0.3 is 0 Å². The Morgan fingerprint density at radius 1 is 0.812 bits per heavy atom. The number of hydrogen-bond acceptors (Lipinski definition) is 1. The van der Waals surface area contributed by atoms with E-state index in [0.29, 0.717) is 18.4 Å². The molecule has 0 heterocycles. The van der Waals surface area contributed by atoms with Crippen LogP contribution in [0.3, 0.4) is 0 Å². The van der Waals surface area contributed by atoms with E-state index in [0.717, 1.165) is 12.8 Å². The number of hydrogen-bond donors (Lipinski definition) is 1. The van der Waals surface area contributed by atoms with E-state index in [1.54, 1.807) is 0 Å². The smallest absolute Gasteiger partial charge is 0.0178 e. The van der Waals surface area contributed by atoms with Crippen LogP contribution in [-0.4, -0.2) is 0 Å². The lowest BCUT2D eigenvalue weighted by molar-refractivity contribution is 0.635. The summed E-state index contributed by atoms with van der Waals surface area (Å²) in [6.45, 7) is 9.69. The molecule has 0 saturated heterocycles. The fourth-order valence-corrected chi connectivity index (χ4v) is 2.14. The maximum absolute atomic E-state index is 5.75. The molecule has 0 aliphatic carbocycles. The third kappa shape index (κ3) is 4.36. The average Bonchev–Trinajstić information content (AvgIpc) is 2.14. The molecule has 0 radical (unpaired) electrons. The van der Waals surface area contributed by atoms with Crippen molar-refractivity contribution in [3.05, 3.63) is 34.9 Å². The van der Waals surface area contributed by atoms with Gasteiger partial charge in [0.15, 0.2) is 0 Å². The van der Waals surface area contributed by atoms with Crippen molar-refractivity contribution in [2.24, 2.45) is 17.6 Å². The highest BCUT2D eigenvalue weighted by molar-refractivity contribution is 5.30. The minimum absolute atomic E-state index is 0.650. The first-order chi connectivity index (χ1) is 7.51. The highest BCUT2D eigenvalue weighted by Gasteiger charge is 2.04. The zero-order valence-electron chi connectivity index (χ0n) is 11.1. The van der Waals surface area contributed by atoms with Gasteiger partial charge in [-0.3, -0.25) is 0 Å². The van der Waals surface area contributed by atoms with Gasteiger partial charge in [0, 0.05) is 6.54 Å². The van der Waals surface area contributed by atoms with Crippen molar-refractivity contribution >= 4 is 0 Å². The van der Waals surface area contributed by atoms with E-state index < -0.39 is 0 Å². The highest BCUT2D eigenvalue weighted by Crippen LogP contribution is 2.16. The van der Waals surface area contributed by atoms with Gasteiger partial charge in [0.05, 0.1) is 0 Å². The normalized spacial score (nSPS) is 11.4. The summed E-state index contributed by atoms with van der Waals surface area (Å²) >= 11 is 0. The first-order valence-electron chi connectivity index (χ1n) is 6.33. The first kappa shape index (κ1) is 13.2. The molecule has 2 N–H and O–H groups in total. The Balaban J connectivity index is 2.91. The molecule has 1 nitrogen and oxygen atoms in total. The molecule has 0 aromatic heterocycles. The molecule has 0 spiro atoms. The summed E-state index contributed by atoms with van der Waals surface area (Å²) in [6, 6.07) is 6.85. The highest BCUT2D eigenvalue weighted by atomic mass is 14.5. The molecule has 0 amide bonds.